The first-order chi connectivity index (χ1) is 17.6. The summed E-state index contributed by atoms with van der Waals surface area (Å²) in [6.07, 6.45) is 6.41. The molecule has 4 aromatic rings. The van der Waals surface area contributed by atoms with Gasteiger partial charge in [0.2, 0.25) is 17.7 Å². The molecular formula is C29H24N4O3. The van der Waals surface area contributed by atoms with Crippen LogP contribution in [0.15, 0.2) is 97.2 Å². The van der Waals surface area contributed by atoms with Gasteiger partial charge in [-0.1, -0.05) is 48.5 Å². The summed E-state index contributed by atoms with van der Waals surface area (Å²) in [4.78, 5) is 38.1. The Morgan fingerprint density at radius 2 is 1.44 bits per heavy atom. The zero-order chi connectivity index (χ0) is 24.9. The van der Waals surface area contributed by atoms with Crippen LogP contribution in [-0.2, 0) is 14.4 Å². The van der Waals surface area contributed by atoms with Crippen LogP contribution in [0.1, 0.15) is 24.8 Å². The number of aromatic nitrogens is 2. The predicted molar refractivity (Wildman–Crippen MR) is 139 cm³/mol. The summed E-state index contributed by atoms with van der Waals surface area (Å²) < 4.78 is 1.79. The minimum Gasteiger partial charge on any atom is -0.323 e. The van der Waals surface area contributed by atoms with Gasteiger partial charge < -0.3 is 5.32 Å². The average molecular weight is 477 g/mol. The summed E-state index contributed by atoms with van der Waals surface area (Å²) in [6, 6.07) is 26.3. The van der Waals surface area contributed by atoms with Crippen molar-refractivity contribution in [3.05, 3.63) is 103 Å². The van der Waals surface area contributed by atoms with Gasteiger partial charge in [-0.2, -0.15) is 5.10 Å². The van der Waals surface area contributed by atoms with Crippen LogP contribution >= 0.6 is 0 Å². The highest BCUT2D eigenvalue weighted by atomic mass is 16.2. The topological polar surface area (TPSA) is 84.3 Å². The summed E-state index contributed by atoms with van der Waals surface area (Å²) >= 11 is 0. The molecule has 5 rings (SSSR count). The van der Waals surface area contributed by atoms with Gasteiger partial charge in [-0.15, -0.1) is 0 Å². The Labute approximate surface area is 208 Å². The van der Waals surface area contributed by atoms with E-state index in [0.29, 0.717) is 30.6 Å². The molecule has 0 radical (unpaired) electrons. The Kier molecular flexibility index (Phi) is 6.53. The van der Waals surface area contributed by atoms with E-state index < -0.39 is 0 Å². The van der Waals surface area contributed by atoms with Gasteiger partial charge in [0.1, 0.15) is 0 Å². The lowest BCUT2D eigenvalue weighted by molar-refractivity contribution is -0.129. The van der Waals surface area contributed by atoms with Crippen LogP contribution < -0.4 is 10.2 Å². The zero-order valence-corrected chi connectivity index (χ0v) is 19.5. The maximum atomic E-state index is 12.7. The lowest BCUT2D eigenvalue weighted by Crippen LogP contribution is -2.40. The van der Waals surface area contributed by atoms with Crippen molar-refractivity contribution < 1.29 is 14.4 Å². The van der Waals surface area contributed by atoms with Gasteiger partial charge in [0.25, 0.3) is 0 Å². The van der Waals surface area contributed by atoms with Gasteiger partial charge in [-0.25, -0.2) is 4.68 Å². The second-order valence-corrected chi connectivity index (χ2v) is 8.43. The number of nitrogens with one attached hydrogen (secondary N) is 1. The first-order valence-electron chi connectivity index (χ1n) is 11.7. The molecule has 7 heteroatoms. The van der Waals surface area contributed by atoms with Crippen LogP contribution in [0, 0.1) is 0 Å². The molecular weight excluding hydrogens is 452 g/mol. The van der Waals surface area contributed by atoms with Gasteiger partial charge in [-0.3, -0.25) is 19.3 Å². The van der Waals surface area contributed by atoms with Crippen LogP contribution in [0.2, 0.25) is 0 Å². The molecule has 3 aromatic carbocycles. The Balaban J connectivity index is 1.33. The van der Waals surface area contributed by atoms with Crippen molar-refractivity contribution in [1.29, 1.82) is 0 Å². The summed E-state index contributed by atoms with van der Waals surface area (Å²) in [5.74, 6) is -0.702. The van der Waals surface area contributed by atoms with Crippen LogP contribution in [0.25, 0.3) is 23.0 Å². The van der Waals surface area contributed by atoms with E-state index >= 15 is 0 Å². The first kappa shape index (κ1) is 23.0. The van der Waals surface area contributed by atoms with Crippen LogP contribution in [0.3, 0.4) is 0 Å². The fraction of sp³-hybridized carbons (Fsp3) is 0.103. The lowest BCUT2D eigenvalue weighted by atomic mass is 10.1. The van der Waals surface area contributed by atoms with Crippen molar-refractivity contribution in [3.63, 3.8) is 0 Å². The smallest absolute Gasteiger partial charge is 0.248 e. The second-order valence-electron chi connectivity index (χ2n) is 8.43. The van der Waals surface area contributed by atoms with Crippen LogP contribution in [0.4, 0.5) is 11.4 Å². The van der Waals surface area contributed by atoms with E-state index in [-0.39, 0.29) is 17.7 Å². The number of nitrogens with zero attached hydrogens (tertiary/aromatic N) is 3. The third-order valence-electron chi connectivity index (χ3n) is 5.90. The molecule has 1 aliphatic heterocycles. The molecule has 0 aliphatic carbocycles. The molecule has 1 saturated heterocycles. The van der Waals surface area contributed by atoms with Crippen molar-refractivity contribution >= 4 is 35.2 Å². The van der Waals surface area contributed by atoms with Gasteiger partial charge in [0.15, 0.2) is 0 Å². The van der Waals surface area contributed by atoms with Gasteiger partial charge >= 0.3 is 0 Å². The largest absolute Gasteiger partial charge is 0.323 e. The number of rotatable bonds is 6. The number of hydrogen-bond acceptors (Lipinski definition) is 4. The number of piperidine rings is 1. The standard InChI is InChI=1S/C29H24N4O3/c34-26(30-23-15-17-25(18-16-23)33-27(35)12-7-13-28(33)36)19-14-22-20-32(24-10-5-2-6-11-24)31-29(22)21-8-3-1-4-9-21/h1-6,8-11,14-20H,7,12-13H2,(H,30,34)/b19-14+. The number of imide groups is 1. The van der Waals surface area contributed by atoms with Crippen LogP contribution in [0.5, 0.6) is 0 Å². The van der Waals surface area contributed by atoms with E-state index in [1.165, 1.54) is 11.0 Å². The lowest BCUT2D eigenvalue weighted by Gasteiger charge is -2.24. The average Bonchev–Trinajstić information content (AvgIpc) is 3.34. The molecule has 7 nitrogen and oxygen atoms in total. The number of carbonyl (C=O) groups excluding carboxylic acids is 3. The van der Waals surface area contributed by atoms with E-state index in [0.717, 1.165) is 22.5 Å². The highest BCUT2D eigenvalue weighted by Crippen LogP contribution is 2.26. The molecule has 1 aromatic heterocycles. The molecule has 0 atom stereocenters. The third-order valence-corrected chi connectivity index (χ3v) is 5.90. The molecule has 0 bridgehead atoms. The molecule has 36 heavy (non-hydrogen) atoms. The van der Waals surface area contributed by atoms with E-state index in [1.807, 2.05) is 66.9 Å². The molecule has 1 aliphatic rings. The van der Waals surface area contributed by atoms with Crippen molar-refractivity contribution in [2.75, 3.05) is 10.2 Å². The molecule has 0 spiro atoms. The molecule has 0 unspecified atom stereocenters. The van der Waals surface area contributed by atoms with E-state index in [1.54, 1.807) is 35.0 Å². The number of benzene rings is 3. The molecule has 0 saturated carbocycles. The van der Waals surface area contributed by atoms with E-state index in [9.17, 15) is 14.4 Å². The summed E-state index contributed by atoms with van der Waals surface area (Å²) in [5.41, 5.74) is 4.52. The molecule has 1 N–H and O–H groups in total. The number of hydrogen-bond donors (Lipinski definition) is 1. The van der Waals surface area contributed by atoms with Gasteiger partial charge in [0, 0.05) is 41.9 Å². The zero-order valence-electron chi connectivity index (χ0n) is 19.5. The van der Waals surface area contributed by atoms with E-state index in [2.05, 4.69) is 5.32 Å². The Morgan fingerprint density at radius 3 is 2.11 bits per heavy atom. The fourth-order valence-electron chi connectivity index (χ4n) is 4.13. The molecule has 1 fully saturated rings. The number of carbonyl (C=O) groups is 3. The Bertz CT molecular complexity index is 1410. The predicted octanol–water partition coefficient (Wildman–Crippen LogP) is 5.23. The summed E-state index contributed by atoms with van der Waals surface area (Å²) in [5, 5.41) is 7.57. The van der Waals surface area contributed by atoms with Crippen molar-refractivity contribution in [2.45, 2.75) is 19.3 Å². The SMILES string of the molecule is O=C(/C=C/c1cn(-c2ccccc2)nc1-c1ccccc1)Nc1ccc(N2C(=O)CCCC2=O)cc1. The number of amides is 3. The quantitative estimate of drug-likeness (QED) is 0.305. The normalized spacial score (nSPS) is 13.8. The summed E-state index contributed by atoms with van der Waals surface area (Å²) in [7, 11) is 0. The minimum absolute atomic E-state index is 0.198. The van der Waals surface area contributed by atoms with Gasteiger partial charge in [0.05, 0.1) is 17.1 Å². The maximum absolute atomic E-state index is 12.7. The minimum atomic E-state index is -0.306. The number of anilines is 2. The Hall–Kier alpha value is -4.78. The Morgan fingerprint density at radius 1 is 0.806 bits per heavy atom. The third kappa shape index (κ3) is 5.00. The molecule has 3 amide bonds. The highest BCUT2D eigenvalue weighted by Gasteiger charge is 2.27. The fourth-order valence-corrected chi connectivity index (χ4v) is 4.13. The maximum Gasteiger partial charge on any atom is 0.248 e. The van der Waals surface area contributed by atoms with Gasteiger partial charge in [-0.05, 0) is 48.9 Å². The van der Waals surface area contributed by atoms with Crippen molar-refractivity contribution in [3.8, 4) is 16.9 Å². The van der Waals surface area contributed by atoms with E-state index in [4.69, 9.17) is 5.10 Å². The molecule has 178 valence electrons. The van der Waals surface area contributed by atoms with Crippen molar-refractivity contribution in [1.82, 2.24) is 9.78 Å². The summed E-state index contributed by atoms with van der Waals surface area (Å²) in [6.45, 7) is 0. The monoisotopic (exact) mass is 476 g/mol. The first-order valence-corrected chi connectivity index (χ1v) is 11.7. The highest BCUT2D eigenvalue weighted by molar-refractivity contribution is 6.16. The second kappa shape index (κ2) is 10.2. The van der Waals surface area contributed by atoms with Crippen LogP contribution in [-0.4, -0.2) is 27.5 Å². The molecule has 2 heterocycles. The number of para-hydroxylation sites is 1. The van der Waals surface area contributed by atoms with Crippen molar-refractivity contribution in [2.24, 2.45) is 0 Å².